The van der Waals surface area contributed by atoms with E-state index in [2.05, 4.69) is 15.1 Å². The zero-order valence-electron chi connectivity index (χ0n) is 22.0. The zero-order valence-corrected chi connectivity index (χ0v) is 22.0. The van der Waals surface area contributed by atoms with Crippen LogP contribution in [0, 0.1) is 5.92 Å². The molecule has 1 unspecified atom stereocenters. The molecular weight excluding hydrogens is 484 g/mol. The topological polar surface area (TPSA) is 99.3 Å². The molecule has 4 fully saturated rings. The number of nitrogens with one attached hydrogen (secondary N) is 1. The van der Waals surface area contributed by atoms with Crippen LogP contribution in [0.25, 0.3) is 0 Å². The van der Waals surface area contributed by atoms with E-state index in [0.717, 1.165) is 82.4 Å². The molecule has 4 amide bonds. The first-order valence-corrected chi connectivity index (χ1v) is 14.4. The van der Waals surface area contributed by atoms with Crippen LogP contribution >= 0.6 is 0 Å². The minimum Gasteiger partial charge on any atom is -0.489 e. The van der Waals surface area contributed by atoms with Gasteiger partial charge in [0.1, 0.15) is 17.9 Å². The largest absolute Gasteiger partial charge is 0.489 e. The van der Waals surface area contributed by atoms with Crippen LogP contribution in [0.4, 0.5) is 0 Å². The standard InChI is InChI=1S/C29H38N4O5/c34-26-10-9-24(27(35)30-26)33-18-20-17-21(7-8-22(20)29(33)37)38-25-6-2-1-5-23(25)31-15-11-19(12-16-31)28(36)32-13-3-4-14-32/h7-8,17,19,23-25H,1-6,9-16,18H2,(H,30,34,35)/t23-,24?,25+/m0/s1. The maximum atomic E-state index is 13.0. The Bertz CT molecular complexity index is 1110. The second kappa shape index (κ2) is 10.7. The van der Waals surface area contributed by atoms with Gasteiger partial charge in [0.25, 0.3) is 5.91 Å². The van der Waals surface area contributed by atoms with E-state index in [0.29, 0.717) is 30.5 Å². The summed E-state index contributed by atoms with van der Waals surface area (Å²) in [5.74, 6) is 0.442. The van der Waals surface area contributed by atoms with Crippen molar-refractivity contribution in [1.29, 1.82) is 0 Å². The summed E-state index contributed by atoms with van der Waals surface area (Å²) in [5, 5.41) is 2.36. The van der Waals surface area contributed by atoms with Crippen LogP contribution in [0.3, 0.4) is 0 Å². The number of carbonyl (C=O) groups excluding carboxylic acids is 4. The molecule has 9 nitrogen and oxygen atoms in total. The van der Waals surface area contributed by atoms with Crippen molar-refractivity contribution in [3.05, 3.63) is 29.3 Å². The fourth-order valence-electron chi connectivity index (χ4n) is 7.11. The molecule has 1 N–H and O–H groups in total. The van der Waals surface area contributed by atoms with Gasteiger partial charge in [-0.3, -0.25) is 29.4 Å². The van der Waals surface area contributed by atoms with Crippen LogP contribution < -0.4 is 10.1 Å². The summed E-state index contributed by atoms with van der Waals surface area (Å²) in [6.07, 6.45) is 9.23. The van der Waals surface area contributed by atoms with E-state index in [9.17, 15) is 19.2 Å². The number of benzene rings is 1. The molecule has 204 valence electrons. The molecule has 1 saturated carbocycles. The molecule has 1 aliphatic carbocycles. The Morgan fingerprint density at radius 3 is 2.42 bits per heavy atom. The number of carbonyl (C=O) groups is 4. The Labute approximate surface area is 223 Å². The number of nitrogens with zero attached hydrogens (tertiary/aromatic N) is 3. The normalized spacial score (nSPS) is 28.9. The van der Waals surface area contributed by atoms with E-state index in [4.69, 9.17) is 4.74 Å². The summed E-state index contributed by atoms with van der Waals surface area (Å²) in [5.41, 5.74) is 1.47. The van der Waals surface area contributed by atoms with Gasteiger partial charge >= 0.3 is 0 Å². The third kappa shape index (κ3) is 4.93. The SMILES string of the molecule is O=C1CCC(N2Cc3cc(O[C@@H]4CCCC[C@@H]4N4CCC(C(=O)N5CCCC5)CC4)ccc3C2=O)C(=O)N1. The second-order valence-corrected chi connectivity index (χ2v) is 11.6. The summed E-state index contributed by atoms with van der Waals surface area (Å²) in [7, 11) is 0. The van der Waals surface area contributed by atoms with Crippen LogP contribution in [0.1, 0.15) is 80.1 Å². The number of likely N-dealkylation sites (tertiary alicyclic amines) is 2. The van der Waals surface area contributed by atoms with Gasteiger partial charge in [0.2, 0.25) is 17.7 Å². The van der Waals surface area contributed by atoms with Gasteiger partial charge in [-0.25, -0.2) is 0 Å². The average molecular weight is 523 g/mol. The highest BCUT2D eigenvalue weighted by atomic mass is 16.5. The lowest BCUT2D eigenvalue weighted by atomic mass is 9.87. The van der Waals surface area contributed by atoms with Crippen molar-refractivity contribution in [2.75, 3.05) is 26.2 Å². The lowest BCUT2D eigenvalue weighted by molar-refractivity contribution is -0.137. The number of piperidine rings is 2. The highest BCUT2D eigenvalue weighted by molar-refractivity contribution is 6.05. The molecule has 38 heavy (non-hydrogen) atoms. The summed E-state index contributed by atoms with van der Waals surface area (Å²) in [4.78, 5) is 56.0. The smallest absolute Gasteiger partial charge is 0.255 e. The molecule has 5 aliphatic rings. The van der Waals surface area contributed by atoms with Gasteiger partial charge in [-0.1, -0.05) is 6.42 Å². The third-order valence-corrected chi connectivity index (χ3v) is 9.22. The molecule has 9 heteroatoms. The quantitative estimate of drug-likeness (QED) is 0.597. The van der Waals surface area contributed by atoms with E-state index in [1.807, 2.05) is 18.2 Å². The minimum atomic E-state index is -0.611. The van der Waals surface area contributed by atoms with Crippen molar-refractivity contribution in [3.63, 3.8) is 0 Å². The van der Waals surface area contributed by atoms with Crippen molar-refractivity contribution in [2.24, 2.45) is 5.92 Å². The maximum Gasteiger partial charge on any atom is 0.255 e. The van der Waals surface area contributed by atoms with Gasteiger partial charge < -0.3 is 14.5 Å². The summed E-state index contributed by atoms with van der Waals surface area (Å²) >= 11 is 0. The third-order valence-electron chi connectivity index (χ3n) is 9.22. The number of hydrogen-bond donors (Lipinski definition) is 1. The molecule has 3 atom stereocenters. The molecule has 6 rings (SSSR count). The maximum absolute atomic E-state index is 13.0. The second-order valence-electron chi connectivity index (χ2n) is 11.6. The first-order chi connectivity index (χ1) is 18.5. The van der Waals surface area contributed by atoms with Gasteiger partial charge in [0.05, 0.1) is 0 Å². The van der Waals surface area contributed by atoms with Gasteiger partial charge in [0.15, 0.2) is 0 Å². The van der Waals surface area contributed by atoms with E-state index in [-0.39, 0.29) is 30.3 Å². The van der Waals surface area contributed by atoms with Gasteiger partial charge in [-0.05, 0) is 88.2 Å². The molecule has 4 heterocycles. The van der Waals surface area contributed by atoms with Crippen molar-refractivity contribution in [1.82, 2.24) is 20.0 Å². The molecule has 0 aromatic heterocycles. The van der Waals surface area contributed by atoms with E-state index < -0.39 is 11.9 Å². The first-order valence-electron chi connectivity index (χ1n) is 14.4. The van der Waals surface area contributed by atoms with E-state index in [1.54, 1.807) is 4.90 Å². The Morgan fingerprint density at radius 2 is 1.66 bits per heavy atom. The number of amides is 4. The lowest BCUT2D eigenvalue weighted by Gasteiger charge is -2.43. The molecule has 0 bridgehead atoms. The fraction of sp³-hybridized carbons (Fsp3) is 0.655. The molecule has 1 aromatic rings. The Kier molecular flexibility index (Phi) is 7.12. The summed E-state index contributed by atoms with van der Waals surface area (Å²) in [6.45, 7) is 4.08. The molecule has 3 saturated heterocycles. The fourth-order valence-corrected chi connectivity index (χ4v) is 7.11. The minimum absolute atomic E-state index is 0.0796. The highest BCUT2D eigenvalue weighted by Gasteiger charge is 2.40. The Balaban J connectivity index is 1.09. The van der Waals surface area contributed by atoms with Crippen LogP contribution in [-0.2, 0) is 20.9 Å². The van der Waals surface area contributed by atoms with E-state index >= 15 is 0 Å². The highest BCUT2D eigenvalue weighted by Crippen LogP contribution is 2.34. The van der Waals surface area contributed by atoms with Crippen LogP contribution in [0.2, 0.25) is 0 Å². The number of fused-ring (bicyclic) bond motifs is 1. The predicted molar refractivity (Wildman–Crippen MR) is 139 cm³/mol. The van der Waals surface area contributed by atoms with Gasteiger partial charge in [0, 0.05) is 43.6 Å². The summed E-state index contributed by atoms with van der Waals surface area (Å²) < 4.78 is 6.58. The van der Waals surface area contributed by atoms with Gasteiger partial charge in [-0.2, -0.15) is 0 Å². The number of ether oxygens (including phenoxy) is 1. The number of imide groups is 1. The average Bonchev–Trinajstić information content (AvgIpc) is 3.57. The van der Waals surface area contributed by atoms with Gasteiger partial charge in [-0.15, -0.1) is 0 Å². The van der Waals surface area contributed by atoms with Crippen LogP contribution in [0.15, 0.2) is 18.2 Å². The van der Waals surface area contributed by atoms with Crippen molar-refractivity contribution in [2.45, 2.75) is 88.9 Å². The molecule has 1 aromatic carbocycles. The Morgan fingerprint density at radius 1 is 0.895 bits per heavy atom. The molecule has 4 aliphatic heterocycles. The molecule has 0 radical (unpaired) electrons. The first kappa shape index (κ1) is 25.3. The number of hydrogen-bond acceptors (Lipinski definition) is 6. The van der Waals surface area contributed by atoms with Crippen molar-refractivity contribution < 1.29 is 23.9 Å². The summed E-state index contributed by atoms with van der Waals surface area (Å²) in [6, 6.07) is 5.36. The zero-order chi connectivity index (χ0) is 26.2. The van der Waals surface area contributed by atoms with Crippen molar-refractivity contribution in [3.8, 4) is 5.75 Å². The predicted octanol–water partition coefficient (Wildman–Crippen LogP) is 2.47. The van der Waals surface area contributed by atoms with Crippen LogP contribution in [-0.4, -0.2) is 82.7 Å². The molecular formula is C29H38N4O5. The van der Waals surface area contributed by atoms with E-state index in [1.165, 1.54) is 6.42 Å². The van der Waals surface area contributed by atoms with Crippen LogP contribution in [0.5, 0.6) is 5.75 Å². The van der Waals surface area contributed by atoms with Crippen molar-refractivity contribution >= 4 is 23.6 Å². The monoisotopic (exact) mass is 522 g/mol. The lowest BCUT2D eigenvalue weighted by Crippen LogP contribution is -2.52. The number of rotatable bonds is 5. The molecule has 0 spiro atoms. The Hall–Kier alpha value is -2.94.